The van der Waals surface area contributed by atoms with Crippen LogP contribution in [0.25, 0.3) is 0 Å². The van der Waals surface area contributed by atoms with E-state index in [1.165, 1.54) is 6.92 Å². The molecule has 0 saturated heterocycles. The van der Waals surface area contributed by atoms with Gasteiger partial charge < -0.3 is 0 Å². The average Bonchev–Trinajstić information content (AvgIpc) is 2.08. The number of halogens is 5. The van der Waals surface area contributed by atoms with E-state index in [-0.39, 0.29) is 14.5 Å². The second-order valence-electron chi connectivity index (χ2n) is 2.19. The first-order valence-electron chi connectivity index (χ1n) is 2.94. The van der Waals surface area contributed by atoms with Gasteiger partial charge in [0.25, 0.3) is 0 Å². The van der Waals surface area contributed by atoms with Crippen molar-refractivity contribution in [2.75, 3.05) is 0 Å². The minimum Gasteiger partial charge on any atom is -0.203 e. The largest absolute Gasteiger partial charge is 0.203 e. The van der Waals surface area contributed by atoms with Crippen LogP contribution in [0.1, 0.15) is 5.56 Å². The van der Waals surface area contributed by atoms with Crippen LogP contribution in [0.5, 0.6) is 0 Å². The van der Waals surface area contributed by atoms with Crippen molar-refractivity contribution in [2.45, 2.75) is 6.92 Å². The Morgan fingerprint density at radius 1 is 0.833 bits per heavy atom. The van der Waals surface area contributed by atoms with Crippen LogP contribution in [0.15, 0.2) is 8.95 Å². The standard InChI is InChI=1S/C7H3Br2F3/c1-2-3(8)4(9)6(11)7(12)5(2)10/h1H3. The Morgan fingerprint density at radius 2 is 1.33 bits per heavy atom. The quantitative estimate of drug-likeness (QED) is 0.503. The molecule has 1 aromatic rings. The SMILES string of the molecule is Cc1c(F)c(F)c(F)c(Br)c1Br. The molecule has 66 valence electrons. The summed E-state index contributed by atoms with van der Waals surface area (Å²) in [6, 6.07) is 0. The van der Waals surface area contributed by atoms with Gasteiger partial charge in [0.05, 0.1) is 4.47 Å². The van der Waals surface area contributed by atoms with Crippen molar-refractivity contribution in [3.63, 3.8) is 0 Å². The fourth-order valence-corrected chi connectivity index (χ4v) is 1.53. The van der Waals surface area contributed by atoms with Crippen LogP contribution in [0.3, 0.4) is 0 Å². The van der Waals surface area contributed by atoms with Gasteiger partial charge in [-0.15, -0.1) is 0 Å². The first kappa shape index (κ1) is 10.1. The van der Waals surface area contributed by atoms with E-state index in [0.29, 0.717) is 0 Å². The monoisotopic (exact) mass is 302 g/mol. The Labute approximate surface area is 84.0 Å². The van der Waals surface area contributed by atoms with Gasteiger partial charge in [-0.2, -0.15) is 0 Å². The van der Waals surface area contributed by atoms with Gasteiger partial charge in [0.15, 0.2) is 17.5 Å². The van der Waals surface area contributed by atoms with Crippen LogP contribution in [0.4, 0.5) is 13.2 Å². The Balaban J connectivity index is 3.60. The molecular formula is C7H3Br2F3. The normalized spacial score (nSPS) is 10.5. The van der Waals surface area contributed by atoms with E-state index in [2.05, 4.69) is 31.9 Å². The molecule has 0 atom stereocenters. The highest BCUT2D eigenvalue weighted by atomic mass is 79.9. The second kappa shape index (κ2) is 3.38. The predicted molar refractivity (Wildman–Crippen MR) is 46.5 cm³/mol. The first-order valence-corrected chi connectivity index (χ1v) is 4.53. The third kappa shape index (κ3) is 1.40. The topological polar surface area (TPSA) is 0 Å². The molecule has 0 radical (unpaired) electrons. The van der Waals surface area contributed by atoms with E-state index in [1.807, 2.05) is 0 Å². The molecule has 0 heterocycles. The Morgan fingerprint density at radius 3 is 1.83 bits per heavy atom. The van der Waals surface area contributed by atoms with Crippen molar-refractivity contribution in [2.24, 2.45) is 0 Å². The Bertz CT molecular complexity index is 231. The molecule has 0 saturated carbocycles. The van der Waals surface area contributed by atoms with Crippen molar-refractivity contribution >= 4 is 31.9 Å². The summed E-state index contributed by atoms with van der Waals surface area (Å²) in [4.78, 5) is 0. The van der Waals surface area contributed by atoms with Crippen LogP contribution >= 0.6 is 31.9 Å². The minimum atomic E-state index is -1.46. The lowest BCUT2D eigenvalue weighted by atomic mass is 10.2. The molecule has 0 aliphatic carbocycles. The summed E-state index contributed by atoms with van der Waals surface area (Å²) < 4.78 is 38.2. The van der Waals surface area contributed by atoms with E-state index in [0.717, 1.165) is 0 Å². The lowest BCUT2D eigenvalue weighted by molar-refractivity contribution is 0.439. The third-order valence-electron chi connectivity index (χ3n) is 1.43. The molecule has 1 aromatic carbocycles. The molecule has 0 aliphatic heterocycles. The zero-order chi connectivity index (χ0) is 9.46. The van der Waals surface area contributed by atoms with Crippen molar-refractivity contribution in [3.8, 4) is 0 Å². The highest BCUT2D eigenvalue weighted by molar-refractivity contribution is 9.13. The summed E-state index contributed by atoms with van der Waals surface area (Å²) in [5.41, 5.74) is 0.0424. The molecule has 1 rings (SSSR count). The maximum atomic E-state index is 12.8. The van der Waals surface area contributed by atoms with Crippen molar-refractivity contribution in [1.29, 1.82) is 0 Å². The van der Waals surface area contributed by atoms with Gasteiger partial charge in [0, 0.05) is 10.0 Å². The third-order valence-corrected chi connectivity index (χ3v) is 3.70. The molecule has 0 unspecified atom stereocenters. The molecule has 0 bridgehead atoms. The van der Waals surface area contributed by atoms with Gasteiger partial charge in [0.2, 0.25) is 0 Å². The summed E-state index contributed by atoms with van der Waals surface area (Å²) >= 11 is 5.71. The molecule has 0 fully saturated rings. The molecular weight excluding hydrogens is 301 g/mol. The second-order valence-corrected chi connectivity index (χ2v) is 3.78. The maximum Gasteiger partial charge on any atom is 0.195 e. The molecule has 0 spiro atoms. The van der Waals surface area contributed by atoms with Crippen LogP contribution in [-0.4, -0.2) is 0 Å². The van der Waals surface area contributed by atoms with E-state index in [1.54, 1.807) is 0 Å². The lowest BCUT2D eigenvalue weighted by Gasteiger charge is -2.05. The Hall–Kier alpha value is -0.0300. The number of benzene rings is 1. The van der Waals surface area contributed by atoms with Crippen LogP contribution < -0.4 is 0 Å². The minimum absolute atomic E-state index is 0.0424. The van der Waals surface area contributed by atoms with Gasteiger partial charge in [-0.1, -0.05) is 0 Å². The van der Waals surface area contributed by atoms with Crippen molar-refractivity contribution < 1.29 is 13.2 Å². The molecule has 0 aromatic heterocycles. The smallest absolute Gasteiger partial charge is 0.195 e. The van der Waals surface area contributed by atoms with Crippen LogP contribution in [-0.2, 0) is 0 Å². The number of rotatable bonds is 0. The van der Waals surface area contributed by atoms with Gasteiger partial charge >= 0.3 is 0 Å². The summed E-state index contributed by atoms with van der Waals surface area (Å²) in [5, 5.41) is 0. The zero-order valence-corrected chi connectivity index (χ0v) is 9.06. The van der Waals surface area contributed by atoms with Gasteiger partial charge in [-0.25, -0.2) is 13.2 Å². The van der Waals surface area contributed by atoms with Crippen molar-refractivity contribution in [3.05, 3.63) is 32.0 Å². The number of hydrogen-bond donors (Lipinski definition) is 0. The van der Waals surface area contributed by atoms with Gasteiger partial charge in [0.1, 0.15) is 0 Å². The van der Waals surface area contributed by atoms with Gasteiger partial charge in [-0.05, 0) is 38.8 Å². The van der Waals surface area contributed by atoms with E-state index >= 15 is 0 Å². The highest BCUT2D eigenvalue weighted by Gasteiger charge is 2.19. The zero-order valence-electron chi connectivity index (χ0n) is 5.89. The fraction of sp³-hybridized carbons (Fsp3) is 0.143. The first-order chi connectivity index (χ1) is 5.46. The highest BCUT2D eigenvalue weighted by Crippen LogP contribution is 2.32. The van der Waals surface area contributed by atoms with Crippen LogP contribution in [0.2, 0.25) is 0 Å². The summed E-state index contributed by atoms with van der Waals surface area (Å²) in [7, 11) is 0. The molecule has 0 N–H and O–H groups in total. The average molecular weight is 304 g/mol. The summed E-state index contributed by atoms with van der Waals surface area (Å²) in [6.07, 6.45) is 0. The molecule has 12 heavy (non-hydrogen) atoms. The number of hydrogen-bond acceptors (Lipinski definition) is 0. The van der Waals surface area contributed by atoms with Crippen molar-refractivity contribution in [1.82, 2.24) is 0 Å². The molecule has 0 nitrogen and oxygen atoms in total. The molecule has 5 heteroatoms. The van der Waals surface area contributed by atoms with E-state index < -0.39 is 17.5 Å². The lowest BCUT2D eigenvalue weighted by Crippen LogP contribution is -1.97. The maximum absolute atomic E-state index is 12.8. The fourth-order valence-electron chi connectivity index (χ4n) is 0.715. The van der Waals surface area contributed by atoms with Gasteiger partial charge in [-0.3, -0.25) is 0 Å². The van der Waals surface area contributed by atoms with E-state index in [9.17, 15) is 13.2 Å². The Kier molecular flexibility index (Phi) is 2.83. The molecule has 0 aliphatic rings. The predicted octanol–water partition coefficient (Wildman–Crippen LogP) is 3.94. The van der Waals surface area contributed by atoms with Crippen LogP contribution in [0, 0.1) is 24.4 Å². The summed E-state index contributed by atoms with van der Waals surface area (Å²) in [6.45, 7) is 1.35. The van der Waals surface area contributed by atoms with E-state index in [4.69, 9.17) is 0 Å². The summed E-state index contributed by atoms with van der Waals surface area (Å²) in [5.74, 6) is -3.84. The molecule has 0 amide bonds.